The lowest BCUT2D eigenvalue weighted by Crippen LogP contribution is -2.43. The molecule has 0 saturated heterocycles. The maximum atomic E-state index is 11.6. The lowest BCUT2D eigenvalue weighted by Gasteiger charge is -2.24. The van der Waals surface area contributed by atoms with E-state index in [4.69, 9.17) is 5.11 Å². The van der Waals surface area contributed by atoms with Gasteiger partial charge in [-0.1, -0.05) is 6.92 Å². The quantitative estimate of drug-likeness (QED) is 0.737. The molecule has 5 nitrogen and oxygen atoms in total. The summed E-state index contributed by atoms with van der Waals surface area (Å²) in [5.74, 6) is -1.32. The summed E-state index contributed by atoms with van der Waals surface area (Å²) >= 11 is 0. The molecule has 14 heavy (non-hydrogen) atoms. The molecular formula is C8H17NO4S. The van der Waals surface area contributed by atoms with Crippen LogP contribution in [0.2, 0.25) is 0 Å². The number of carbonyl (C=O) groups is 1. The first-order valence-corrected chi connectivity index (χ1v) is 5.95. The van der Waals surface area contributed by atoms with Gasteiger partial charge in [0.1, 0.15) is 0 Å². The lowest BCUT2D eigenvalue weighted by atomic mass is 10.3. The monoisotopic (exact) mass is 223 g/mol. The van der Waals surface area contributed by atoms with Gasteiger partial charge in [-0.15, -0.1) is 0 Å². The van der Waals surface area contributed by atoms with Gasteiger partial charge in [0.05, 0.1) is 0 Å². The first kappa shape index (κ1) is 13.4. The van der Waals surface area contributed by atoms with Crippen LogP contribution in [0.1, 0.15) is 27.2 Å². The summed E-state index contributed by atoms with van der Waals surface area (Å²) in [4.78, 5) is 10.6. The van der Waals surface area contributed by atoms with Crippen LogP contribution in [-0.4, -0.2) is 42.1 Å². The third-order valence-corrected chi connectivity index (χ3v) is 4.67. The summed E-state index contributed by atoms with van der Waals surface area (Å²) < 4.78 is 24.4. The zero-order valence-electron chi connectivity index (χ0n) is 8.89. The standard InChI is InChI=1S/C8H17NO4S/c1-5-6(2)9(4)14(12,13)7(3)8(10)11/h6-7H,5H2,1-4H3,(H,10,11). The summed E-state index contributed by atoms with van der Waals surface area (Å²) in [5, 5.41) is 7.23. The van der Waals surface area contributed by atoms with E-state index in [0.717, 1.165) is 4.31 Å². The third kappa shape index (κ3) is 2.68. The van der Waals surface area contributed by atoms with Crippen molar-refractivity contribution in [1.82, 2.24) is 4.31 Å². The van der Waals surface area contributed by atoms with Gasteiger partial charge in [-0.25, -0.2) is 12.7 Å². The molecule has 0 aliphatic heterocycles. The van der Waals surface area contributed by atoms with Gasteiger partial charge in [-0.05, 0) is 20.3 Å². The number of carboxylic acid groups (broad SMARTS) is 1. The minimum atomic E-state index is -3.72. The van der Waals surface area contributed by atoms with Gasteiger partial charge in [0, 0.05) is 13.1 Å². The summed E-state index contributed by atoms with van der Waals surface area (Å²) in [6.07, 6.45) is 0.655. The van der Waals surface area contributed by atoms with Crippen LogP contribution in [-0.2, 0) is 14.8 Å². The molecule has 0 aliphatic carbocycles. The van der Waals surface area contributed by atoms with Crippen molar-refractivity contribution in [3.63, 3.8) is 0 Å². The molecule has 6 heteroatoms. The van der Waals surface area contributed by atoms with Crippen LogP contribution in [0.3, 0.4) is 0 Å². The average molecular weight is 223 g/mol. The number of nitrogens with zero attached hydrogens (tertiary/aromatic N) is 1. The van der Waals surface area contributed by atoms with Crippen molar-refractivity contribution in [2.24, 2.45) is 0 Å². The largest absolute Gasteiger partial charge is 0.480 e. The highest BCUT2D eigenvalue weighted by atomic mass is 32.2. The molecule has 0 spiro atoms. The molecule has 0 bridgehead atoms. The van der Waals surface area contributed by atoms with Crippen molar-refractivity contribution >= 4 is 16.0 Å². The third-order valence-electron chi connectivity index (χ3n) is 2.41. The number of sulfonamides is 1. The number of hydrogen-bond acceptors (Lipinski definition) is 3. The minimum absolute atomic E-state index is 0.179. The van der Waals surface area contributed by atoms with Crippen LogP contribution in [0.15, 0.2) is 0 Å². The Labute approximate surface area is 84.8 Å². The van der Waals surface area contributed by atoms with E-state index in [1.54, 1.807) is 6.92 Å². The maximum absolute atomic E-state index is 11.6. The van der Waals surface area contributed by atoms with Crippen LogP contribution < -0.4 is 0 Å². The van der Waals surface area contributed by atoms with Crippen LogP contribution in [0.4, 0.5) is 0 Å². The predicted octanol–water partition coefficient (Wildman–Crippen LogP) is 0.520. The van der Waals surface area contributed by atoms with Gasteiger partial charge in [0.15, 0.2) is 5.25 Å². The van der Waals surface area contributed by atoms with Gasteiger partial charge >= 0.3 is 5.97 Å². The fourth-order valence-corrected chi connectivity index (χ4v) is 2.29. The maximum Gasteiger partial charge on any atom is 0.323 e. The summed E-state index contributed by atoms with van der Waals surface area (Å²) in [5.41, 5.74) is 0. The molecule has 2 unspecified atom stereocenters. The van der Waals surface area contributed by atoms with E-state index >= 15 is 0 Å². The number of aliphatic carboxylic acids is 1. The van der Waals surface area contributed by atoms with E-state index in [9.17, 15) is 13.2 Å². The van der Waals surface area contributed by atoms with Gasteiger partial charge in [0.25, 0.3) is 0 Å². The molecule has 0 aromatic carbocycles. The smallest absolute Gasteiger partial charge is 0.323 e. The Balaban J connectivity index is 4.88. The molecule has 1 N–H and O–H groups in total. The van der Waals surface area contributed by atoms with Gasteiger partial charge in [0.2, 0.25) is 10.0 Å². The molecule has 0 aromatic heterocycles. The van der Waals surface area contributed by atoms with Crippen molar-refractivity contribution in [3.8, 4) is 0 Å². The van der Waals surface area contributed by atoms with Crippen molar-refractivity contribution in [2.75, 3.05) is 7.05 Å². The Morgan fingerprint density at radius 2 is 1.86 bits per heavy atom. The van der Waals surface area contributed by atoms with Crippen LogP contribution in [0.5, 0.6) is 0 Å². The Morgan fingerprint density at radius 1 is 1.43 bits per heavy atom. The first-order chi connectivity index (χ1) is 6.25. The minimum Gasteiger partial charge on any atom is -0.480 e. The molecular weight excluding hydrogens is 206 g/mol. The van der Waals surface area contributed by atoms with Gasteiger partial charge in [-0.2, -0.15) is 0 Å². The lowest BCUT2D eigenvalue weighted by molar-refractivity contribution is -0.136. The number of hydrogen-bond donors (Lipinski definition) is 1. The summed E-state index contributed by atoms with van der Waals surface area (Å²) in [7, 11) is -2.31. The first-order valence-electron chi connectivity index (χ1n) is 4.44. The highest BCUT2D eigenvalue weighted by Gasteiger charge is 2.33. The average Bonchev–Trinajstić information content (AvgIpc) is 2.13. The van der Waals surface area contributed by atoms with Crippen molar-refractivity contribution < 1.29 is 18.3 Å². The van der Waals surface area contributed by atoms with Crippen LogP contribution >= 0.6 is 0 Å². The molecule has 0 radical (unpaired) electrons. The molecule has 0 saturated carbocycles. The molecule has 0 aromatic rings. The topological polar surface area (TPSA) is 74.7 Å². The molecule has 84 valence electrons. The molecule has 0 aliphatic rings. The Bertz CT molecular complexity index is 298. The van der Waals surface area contributed by atoms with Crippen molar-refractivity contribution in [3.05, 3.63) is 0 Å². The van der Waals surface area contributed by atoms with Crippen molar-refractivity contribution in [1.29, 1.82) is 0 Å². The Kier molecular flexibility index (Phi) is 4.54. The zero-order valence-corrected chi connectivity index (χ0v) is 9.71. The van der Waals surface area contributed by atoms with Gasteiger partial charge < -0.3 is 5.11 Å². The molecule has 0 amide bonds. The van der Waals surface area contributed by atoms with E-state index < -0.39 is 21.2 Å². The second kappa shape index (κ2) is 4.75. The predicted molar refractivity (Wildman–Crippen MR) is 53.5 cm³/mol. The highest BCUT2D eigenvalue weighted by Crippen LogP contribution is 2.12. The zero-order chi connectivity index (χ0) is 11.5. The van der Waals surface area contributed by atoms with Crippen LogP contribution in [0.25, 0.3) is 0 Å². The molecule has 2 atom stereocenters. The highest BCUT2D eigenvalue weighted by molar-refractivity contribution is 7.90. The Morgan fingerprint density at radius 3 is 2.14 bits per heavy atom. The summed E-state index contributed by atoms with van der Waals surface area (Å²) in [6, 6.07) is -0.179. The summed E-state index contributed by atoms with van der Waals surface area (Å²) in [6.45, 7) is 4.77. The van der Waals surface area contributed by atoms with Gasteiger partial charge in [-0.3, -0.25) is 4.79 Å². The number of carboxylic acids is 1. The van der Waals surface area contributed by atoms with E-state index in [-0.39, 0.29) is 6.04 Å². The van der Waals surface area contributed by atoms with Crippen molar-refractivity contribution in [2.45, 2.75) is 38.5 Å². The second-order valence-corrected chi connectivity index (χ2v) is 5.61. The molecule has 0 fully saturated rings. The van der Waals surface area contributed by atoms with Crippen LogP contribution in [0, 0.1) is 0 Å². The fourth-order valence-electron chi connectivity index (χ4n) is 0.885. The van der Waals surface area contributed by atoms with E-state index in [2.05, 4.69) is 0 Å². The normalized spacial score (nSPS) is 16.6. The molecule has 0 heterocycles. The fraction of sp³-hybridized carbons (Fsp3) is 0.875. The van der Waals surface area contributed by atoms with E-state index in [0.29, 0.717) is 6.42 Å². The second-order valence-electron chi connectivity index (χ2n) is 3.30. The molecule has 0 rings (SSSR count). The van der Waals surface area contributed by atoms with E-state index in [1.165, 1.54) is 14.0 Å². The Hall–Kier alpha value is -0.620. The SMILES string of the molecule is CCC(C)N(C)S(=O)(=O)C(C)C(=O)O. The number of rotatable bonds is 5. The van der Waals surface area contributed by atoms with E-state index in [1.807, 2.05) is 6.92 Å².